The summed E-state index contributed by atoms with van der Waals surface area (Å²) in [7, 11) is 0. The topological polar surface area (TPSA) is 3.24 Å². The fraction of sp³-hybridized carbons (Fsp3) is 1.00. The lowest BCUT2D eigenvalue weighted by Crippen LogP contribution is -2.46. The minimum Gasteiger partial charge on any atom is -0.298 e. The second-order valence-electron chi connectivity index (χ2n) is 5.22. The molecule has 0 N–H and O–H groups in total. The van der Waals surface area contributed by atoms with Gasteiger partial charge >= 0.3 is 0 Å². The van der Waals surface area contributed by atoms with E-state index in [1.807, 2.05) is 0 Å². The summed E-state index contributed by atoms with van der Waals surface area (Å²) in [4.78, 5) is 2.66. The van der Waals surface area contributed by atoms with Crippen molar-refractivity contribution in [2.24, 2.45) is 11.8 Å². The molecule has 0 aromatic carbocycles. The maximum Gasteiger partial charge on any atom is 0.00698 e. The van der Waals surface area contributed by atoms with E-state index in [2.05, 4.69) is 39.5 Å². The van der Waals surface area contributed by atoms with Crippen LogP contribution in [0.1, 0.15) is 47.5 Å². The van der Waals surface area contributed by atoms with Crippen molar-refractivity contribution >= 4 is 0 Å². The summed E-state index contributed by atoms with van der Waals surface area (Å²) in [6.07, 6.45) is 2.82. The van der Waals surface area contributed by atoms with Crippen molar-refractivity contribution in [2.75, 3.05) is 6.54 Å². The van der Waals surface area contributed by atoms with E-state index in [1.165, 1.54) is 19.4 Å². The van der Waals surface area contributed by atoms with Gasteiger partial charge in [-0.05, 0) is 45.4 Å². The lowest BCUT2D eigenvalue weighted by molar-refractivity contribution is 0.0691. The zero-order chi connectivity index (χ0) is 10.0. The molecule has 1 aliphatic heterocycles. The second-order valence-corrected chi connectivity index (χ2v) is 5.22. The molecule has 0 aromatic heterocycles. The molecule has 1 heterocycles. The van der Waals surface area contributed by atoms with Crippen LogP contribution in [0.25, 0.3) is 0 Å². The summed E-state index contributed by atoms with van der Waals surface area (Å²) in [5.74, 6) is 1.78. The van der Waals surface area contributed by atoms with Crippen LogP contribution in [0.3, 0.4) is 0 Å². The van der Waals surface area contributed by atoms with E-state index in [9.17, 15) is 0 Å². The van der Waals surface area contributed by atoms with E-state index < -0.39 is 0 Å². The highest BCUT2D eigenvalue weighted by atomic mass is 15.2. The van der Waals surface area contributed by atoms with Crippen LogP contribution in [0.4, 0.5) is 0 Å². The average molecular weight is 183 g/mol. The Balaban J connectivity index is 2.53. The smallest absolute Gasteiger partial charge is 0.00698 e. The van der Waals surface area contributed by atoms with Gasteiger partial charge in [0.15, 0.2) is 0 Å². The highest BCUT2D eigenvalue weighted by Crippen LogP contribution is 2.28. The normalized spacial score (nSPS) is 31.6. The van der Waals surface area contributed by atoms with Gasteiger partial charge in [-0.2, -0.15) is 0 Å². The van der Waals surface area contributed by atoms with Gasteiger partial charge in [-0.3, -0.25) is 4.90 Å². The van der Waals surface area contributed by atoms with Gasteiger partial charge in [-0.15, -0.1) is 0 Å². The summed E-state index contributed by atoms with van der Waals surface area (Å²) in [6, 6.07) is 1.52. The molecule has 1 fully saturated rings. The third-order valence-electron chi connectivity index (χ3n) is 3.57. The molecule has 1 unspecified atom stereocenters. The SMILES string of the molecule is CC(C)[C@H]1CCC(C)N(C(C)C)C1. The van der Waals surface area contributed by atoms with Crippen LogP contribution in [-0.4, -0.2) is 23.5 Å². The summed E-state index contributed by atoms with van der Waals surface area (Å²) in [5.41, 5.74) is 0. The molecule has 1 saturated heterocycles. The monoisotopic (exact) mass is 183 g/mol. The quantitative estimate of drug-likeness (QED) is 0.635. The van der Waals surface area contributed by atoms with Gasteiger partial charge in [-0.1, -0.05) is 13.8 Å². The van der Waals surface area contributed by atoms with Crippen molar-refractivity contribution < 1.29 is 0 Å². The Morgan fingerprint density at radius 2 is 1.69 bits per heavy atom. The summed E-state index contributed by atoms with van der Waals surface area (Å²) < 4.78 is 0. The number of hydrogen-bond donors (Lipinski definition) is 0. The minimum absolute atomic E-state index is 0.719. The number of likely N-dealkylation sites (tertiary alicyclic amines) is 1. The minimum atomic E-state index is 0.719. The van der Waals surface area contributed by atoms with Gasteiger partial charge in [0.1, 0.15) is 0 Å². The lowest BCUT2D eigenvalue weighted by Gasteiger charge is -2.42. The predicted octanol–water partition coefficient (Wildman–Crippen LogP) is 3.15. The molecule has 1 heteroatoms. The van der Waals surface area contributed by atoms with Gasteiger partial charge in [-0.25, -0.2) is 0 Å². The molecule has 2 atom stereocenters. The van der Waals surface area contributed by atoms with Crippen molar-refractivity contribution in [1.29, 1.82) is 0 Å². The third kappa shape index (κ3) is 2.70. The first kappa shape index (κ1) is 11.0. The molecule has 0 radical (unpaired) electrons. The van der Waals surface area contributed by atoms with Crippen LogP contribution in [0, 0.1) is 11.8 Å². The molecule has 78 valence electrons. The Hall–Kier alpha value is -0.0400. The van der Waals surface area contributed by atoms with Gasteiger partial charge in [0.25, 0.3) is 0 Å². The molecule has 0 saturated carbocycles. The largest absolute Gasteiger partial charge is 0.298 e. The molecule has 1 nitrogen and oxygen atoms in total. The van der Waals surface area contributed by atoms with Crippen molar-refractivity contribution in [1.82, 2.24) is 4.90 Å². The second kappa shape index (κ2) is 4.45. The van der Waals surface area contributed by atoms with Crippen molar-refractivity contribution in [3.8, 4) is 0 Å². The Bertz CT molecular complexity index is 151. The summed E-state index contributed by atoms with van der Waals surface area (Å²) >= 11 is 0. The van der Waals surface area contributed by atoms with Crippen LogP contribution in [0.15, 0.2) is 0 Å². The Kier molecular flexibility index (Phi) is 3.78. The van der Waals surface area contributed by atoms with Gasteiger partial charge in [0.2, 0.25) is 0 Å². The zero-order valence-electron chi connectivity index (χ0n) is 9.88. The summed E-state index contributed by atoms with van der Waals surface area (Å²) in [5, 5.41) is 0. The van der Waals surface area contributed by atoms with E-state index in [0.717, 1.165) is 23.9 Å². The lowest BCUT2D eigenvalue weighted by atomic mass is 9.85. The highest BCUT2D eigenvalue weighted by Gasteiger charge is 2.28. The van der Waals surface area contributed by atoms with Gasteiger partial charge in [0.05, 0.1) is 0 Å². The molecule has 0 spiro atoms. The van der Waals surface area contributed by atoms with Crippen LogP contribution < -0.4 is 0 Å². The molecular weight excluding hydrogens is 158 g/mol. The molecule has 1 aliphatic rings. The molecule has 0 aliphatic carbocycles. The number of nitrogens with zero attached hydrogens (tertiary/aromatic N) is 1. The molecular formula is C12H25N. The first-order valence-corrected chi connectivity index (χ1v) is 5.78. The van der Waals surface area contributed by atoms with Crippen LogP contribution >= 0.6 is 0 Å². The third-order valence-corrected chi connectivity index (χ3v) is 3.57. The van der Waals surface area contributed by atoms with Crippen molar-refractivity contribution in [2.45, 2.75) is 59.5 Å². The Labute approximate surface area is 83.5 Å². The van der Waals surface area contributed by atoms with E-state index >= 15 is 0 Å². The maximum absolute atomic E-state index is 2.66. The van der Waals surface area contributed by atoms with Crippen molar-refractivity contribution in [3.63, 3.8) is 0 Å². The number of hydrogen-bond acceptors (Lipinski definition) is 1. The van der Waals surface area contributed by atoms with E-state index in [4.69, 9.17) is 0 Å². The van der Waals surface area contributed by atoms with E-state index in [0.29, 0.717) is 0 Å². The molecule has 0 amide bonds. The van der Waals surface area contributed by atoms with Crippen molar-refractivity contribution in [3.05, 3.63) is 0 Å². The molecule has 0 aromatic rings. The first-order valence-electron chi connectivity index (χ1n) is 5.78. The van der Waals surface area contributed by atoms with E-state index in [-0.39, 0.29) is 0 Å². The average Bonchev–Trinajstić information content (AvgIpc) is 2.04. The van der Waals surface area contributed by atoms with Crippen LogP contribution in [0.2, 0.25) is 0 Å². The molecule has 13 heavy (non-hydrogen) atoms. The Morgan fingerprint density at radius 1 is 1.08 bits per heavy atom. The number of piperidine rings is 1. The first-order chi connectivity index (χ1) is 6.02. The fourth-order valence-electron chi connectivity index (χ4n) is 2.43. The van der Waals surface area contributed by atoms with Gasteiger partial charge in [0, 0.05) is 18.6 Å². The standard InChI is InChI=1S/C12H25N/c1-9(2)12-7-6-11(5)13(8-12)10(3)4/h9-12H,6-8H2,1-5H3/t11?,12-/m0/s1. The molecule has 0 bridgehead atoms. The van der Waals surface area contributed by atoms with Gasteiger partial charge < -0.3 is 0 Å². The summed E-state index contributed by atoms with van der Waals surface area (Å²) in [6.45, 7) is 13.0. The predicted molar refractivity (Wildman–Crippen MR) is 58.9 cm³/mol. The Morgan fingerprint density at radius 3 is 2.15 bits per heavy atom. The zero-order valence-corrected chi connectivity index (χ0v) is 9.88. The fourth-order valence-corrected chi connectivity index (χ4v) is 2.43. The van der Waals surface area contributed by atoms with E-state index in [1.54, 1.807) is 0 Å². The molecule has 1 rings (SSSR count). The van der Waals surface area contributed by atoms with Crippen LogP contribution in [-0.2, 0) is 0 Å². The maximum atomic E-state index is 2.66. The number of rotatable bonds is 2. The highest BCUT2D eigenvalue weighted by molar-refractivity contribution is 4.82. The van der Waals surface area contributed by atoms with Crippen LogP contribution in [0.5, 0.6) is 0 Å².